The fourth-order valence-electron chi connectivity index (χ4n) is 4.94. The maximum atomic E-state index is 4.96. The Kier molecular flexibility index (Phi) is 5.45. The molecule has 0 N–H and O–H groups in total. The molecule has 2 aromatic heterocycles. The summed E-state index contributed by atoms with van der Waals surface area (Å²) in [6, 6.07) is 28.5. The highest BCUT2D eigenvalue weighted by molar-refractivity contribution is 6.89. The molecule has 5 rings (SSSR count). The van der Waals surface area contributed by atoms with E-state index < -0.39 is 8.07 Å². The summed E-state index contributed by atoms with van der Waals surface area (Å²) in [5.74, 6) is 0.624. The van der Waals surface area contributed by atoms with Gasteiger partial charge in [0.1, 0.15) is 0 Å². The van der Waals surface area contributed by atoms with Crippen LogP contribution in [0.15, 0.2) is 85.1 Å². The van der Waals surface area contributed by atoms with Gasteiger partial charge in [0.2, 0.25) is 0 Å². The largest absolute Gasteiger partial charge is 0.309 e. The lowest BCUT2D eigenvalue weighted by molar-refractivity contribution is 0.649. The summed E-state index contributed by atoms with van der Waals surface area (Å²) in [5, 5.41) is 4.06. The predicted molar refractivity (Wildman–Crippen MR) is 146 cm³/mol. The van der Waals surface area contributed by atoms with E-state index in [0.717, 1.165) is 12.1 Å². The average Bonchev–Trinajstić information content (AvgIpc) is 3.12. The van der Waals surface area contributed by atoms with Crippen molar-refractivity contribution in [3.05, 3.63) is 90.6 Å². The zero-order chi connectivity index (χ0) is 23.2. The van der Waals surface area contributed by atoms with E-state index in [9.17, 15) is 0 Å². The van der Waals surface area contributed by atoms with Gasteiger partial charge in [0.05, 0.1) is 24.8 Å². The number of fused-ring (bicyclic) bond motifs is 3. The number of pyridine rings is 1. The Labute approximate surface area is 197 Å². The fourth-order valence-corrected chi connectivity index (χ4v) is 6.53. The summed E-state index contributed by atoms with van der Waals surface area (Å²) < 4.78 is 2.37. The molecular formula is C30H32N2Si. The van der Waals surface area contributed by atoms with E-state index in [4.69, 9.17) is 4.98 Å². The monoisotopic (exact) mass is 448 g/mol. The van der Waals surface area contributed by atoms with Crippen LogP contribution in [0.1, 0.15) is 19.4 Å². The van der Waals surface area contributed by atoms with Gasteiger partial charge in [-0.1, -0.05) is 82.0 Å². The van der Waals surface area contributed by atoms with Gasteiger partial charge in [0, 0.05) is 28.2 Å². The SMILES string of the molecule is CC(C)Cc1cc(-c2cccc(-n3c4ccccc4c4ccccc43)c2)ncc1[Si](C)(C)C. The van der Waals surface area contributed by atoms with Crippen LogP contribution >= 0.6 is 0 Å². The fraction of sp³-hybridized carbons (Fsp3) is 0.233. The van der Waals surface area contributed by atoms with E-state index in [0.29, 0.717) is 5.92 Å². The van der Waals surface area contributed by atoms with E-state index in [1.807, 2.05) is 0 Å². The maximum absolute atomic E-state index is 4.96. The zero-order valence-electron chi connectivity index (χ0n) is 20.3. The van der Waals surface area contributed by atoms with E-state index in [1.54, 1.807) is 0 Å². The summed E-state index contributed by atoms with van der Waals surface area (Å²) >= 11 is 0. The Morgan fingerprint density at radius 1 is 0.788 bits per heavy atom. The second kappa shape index (κ2) is 8.31. The first-order chi connectivity index (χ1) is 15.8. The van der Waals surface area contributed by atoms with Crippen LogP contribution < -0.4 is 5.19 Å². The molecule has 0 amide bonds. The molecule has 0 unspecified atom stereocenters. The van der Waals surface area contributed by atoms with E-state index in [-0.39, 0.29) is 0 Å². The smallest absolute Gasteiger partial charge is 0.0799 e. The highest BCUT2D eigenvalue weighted by Gasteiger charge is 2.22. The lowest BCUT2D eigenvalue weighted by Gasteiger charge is -2.22. The lowest BCUT2D eigenvalue weighted by Crippen LogP contribution is -2.40. The number of para-hydroxylation sites is 2. The van der Waals surface area contributed by atoms with Gasteiger partial charge < -0.3 is 4.57 Å². The Balaban J connectivity index is 1.67. The van der Waals surface area contributed by atoms with Gasteiger partial charge in [-0.25, -0.2) is 0 Å². The Morgan fingerprint density at radius 3 is 2.03 bits per heavy atom. The van der Waals surface area contributed by atoms with E-state index in [2.05, 4.69) is 123 Å². The molecule has 33 heavy (non-hydrogen) atoms. The van der Waals surface area contributed by atoms with Crippen LogP contribution in [0.3, 0.4) is 0 Å². The molecule has 5 aromatic rings. The minimum Gasteiger partial charge on any atom is -0.309 e. The summed E-state index contributed by atoms with van der Waals surface area (Å²) in [7, 11) is -1.45. The normalized spacial score (nSPS) is 12.2. The number of aromatic nitrogens is 2. The molecule has 0 saturated carbocycles. The van der Waals surface area contributed by atoms with Gasteiger partial charge in [0.15, 0.2) is 0 Å². The number of benzene rings is 3. The van der Waals surface area contributed by atoms with Crippen LogP contribution in [-0.2, 0) is 6.42 Å². The molecule has 0 radical (unpaired) electrons. The molecule has 2 nitrogen and oxygen atoms in total. The molecule has 0 saturated heterocycles. The van der Waals surface area contributed by atoms with Crippen LogP contribution in [0.5, 0.6) is 0 Å². The van der Waals surface area contributed by atoms with E-state index >= 15 is 0 Å². The van der Waals surface area contributed by atoms with Crippen molar-refractivity contribution in [3.63, 3.8) is 0 Å². The van der Waals surface area contributed by atoms with Crippen LogP contribution in [0.25, 0.3) is 38.8 Å². The summed E-state index contributed by atoms with van der Waals surface area (Å²) in [4.78, 5) is 4.96. The first-order valence-electron chi connectivity index (χ1n) is 11.9. The number of nitrogens with zero attached hydrogens (tertiary/aromatic N) is 2. The van der Waals surface area contributed by atoms with Crippen molar-refractivity contribution in [2.45, 2.75) is 39.9 Å². The van der Waals surface area contributed by atoms with Crippen LogP contribution in [0, 0.1) is 5.92 Å². The standard InChI is InChI=1S/C30H32N2Si/c1-21(2)17-23-19-27(31-20-30(23)33(3,4)5)22-11-10-12-24(18-22)32-28-15-8-6-13-25(28)26-14-7-9-16-29(26)32/h6-16,18-21H,17H2,1-5H3. The molecule has 3 heteroatoms. The third kappa shape index (κ3) is 4.02. The van der Waals surface area contributed by atoms with Gasteiger partial charge in [-0.05, 0) is 53.4 Å². The minimum atomic E-state index is -1.45. The number of rotatable bonds is 5. The maximum Gasteiger partial charge on any atom is 0.0799 e. The van der Waals surface area contributed by atoms with Crippen molar-refractivity contribution < 1.29 is 0 Å². The molecule has 0 spiro atoms. The first-order valence-corrected chi connectivity index (χ1v) is 15.4. The van der Waals surface area contributed by atoms with Crippen molar-refractivity contribution in [2.75, 3.05) is 0 Å². The van der Waals surface area contributed by atoms with E-state index in [1.165, 1.54) is 43.8 Å². The summed E-state index contributed by atoms with van der Waals surface area (Å²) in [6.07, 6.45) is 3.26. The third-order valence-corrected chi connectivity index (χ3v) is 8.47. The second-order valence-corrected chi connectivity index (χ2v) is 15.5. The van der Waals surface area contributed by atoms with Crippen molar-refractivity contribution in [1.82, 2.24) is 9.55 Å². The van der Waals surface area contributed by atoms with Crippen LogP contribution in [-0.4, -0.2) is 17.6 Å². The molecule has 166 valence electrons. The van der Waals surface area contributed by atoms with Gasteiger partial charge in [0.25, 0.3) is 0 Å². The summed E-state index contributed by atoms with van der Waals surface area (Å²) in [5.41, 5.74) is 7.34. The number of hydrogen-bond donors (Lipinski definition) is 0. The van der Waals surface area contributed by atoms with Gasteiger partial charge >= 0.3 is 0 Å². The van der Waals surface area contributed by atoms with Gasteiger partial charge in [-0.3, -0.25) is 4.98 Å². The van der Waals surface area contributed by atoms with Crippen molar-refractivity contribution in [3.8, 4) is 16.9 Å². The molecule has 0 aliphatic heterocycles. The average molecular weight is 449 g/mol. The minimum absolute atomic E-state index is 0.624. The Hall–Kier alpha value is -3.17. The molecule has 0 bridgehead atoms. The molecule has 0 aliphatic carbocycles. The Bertz CT molecular complexity index is 1400. The predicted octanol–water partition coefficient (Wildman–Crippen LogP) is 7.59. The second-order valence-electron chi connectivity index (χ2n) is 10.5. The van der Waals surface area contributed by atoms with Crippen LogP contribution in [0.4, 0.5) is 0 Å². The highest BCUT2D eigenvalue weighted by Crippen LogP contribution is 2.33. The quantitative estimate of drug-likeness (QED) is 0.253. The zero-order valence-corrected chi connectivity index (χ0v) is 21.3. The highest BCUT2D eigenvalue weighted by atomic mass is 28.3. The molecule has 3 aromatic carbocycles. The summed E-state index contributed by atoms with van der Waals surface area (Å²) in [6.45, 7) is 11.8. The molecule has 0 fully saturated rings. The van der Waals surface area contributed by atoms with Crippen molar-refractivity contribution in [1.29, 1.82) is 0 Å². The molecule has 2 heterocycles. The first kappa shape index (κ1) is 21.7. The van der Waals surface area contributed by atoms with Gasteiger partial charge in [-0.15, -0.1) is 0 Å². The molecule has 0 aliphatic rings. The van der Waals surface area contributed by atoms with Crippen molar-refractivity contribution >= 4 is 35.1 Å². The number of hydrogen-bond acceptors (Lipinski definition) is 1. The van der Waals surface area contributed by atoms with Gasteiger partial charge in [-0.2, -0.15) is 0 Å². The third-order valence-electron chi connectivity index (χ3n) is 6.41. The molecular weight excluding hydrogens is 416 g/mol. The lowest BCUT2D eigenvalue weighted by atomic mass is 10.0. The van der Waals surface area contributed by atoms with Crippen LogP contribution in [0.2, 0.25) is 19.6 Å². The topological polar surface area (TPSA) is 17.8 Å². The Morgan fingerprint density at radius 2 is 1.42 bits per heavy atom. The van der Waals surface area contributed by atoms with Crippen molar-refractivity contribution in [2.24, 2.45) is 5.92 Å². The molecule has 0 atom stereocenters.